The van der Waals surface area contributed by atoms with Crippen molar-refractivity contribution in [3.8, 4) is 0 Å². The average molecular weight is 350 g/mol. The summed E-state index contributed by atoms with van der Waals surface area (Å²) in [5, 5.41) is 3.00. The van der Waals surface area contributed by atoms with E-state index >= 15 is 0 Å². The lowest BCUT2D eigenvalue weighted by Crippen LogP contribution is -2.42. The average Bonchev–Trinajstić information content (AvgIpc) is 2.63. The molecule has 7 nitrogen and oxygen atoms in total. The molecule has 0 radical (unpaired) electrons. The maximum absolute atomic E-state index is 13.0. The maximum atomic E-state index is 13.0. The van der Waals surface area contributed by atoms with Gasteiger partial charge in [0.1, 0.15) is 10.9 Å². The Morgan fingerprint density at radius 1 is 1.42 bits per heavy atom. The number of hydrogen-bond acceptors (Lipinski definition) is 4. The van der Waals surface area contributed by atoms with Crippen LogP contribution in [-0.2, 0) is 6.54 Å². The van der Waals surface area contributed by atoms with Crippen molar-refractivity contribution in [3.05, 3.63) is 71.2 Å². The Labute approximate surface area is 150 Å². The summed E-state index contributed by atoms with van der Waals surface area (Å²) in [4.78, 5) is 30.1. The van der Waals surface area contributed by atoms with E-state index in [1.165, 1.54) is 10.5 Å². The standard InChI is InChI=1S/C19H19N5O2/c1-4-8-21-18(25)13-11-14-17(23(9-5-2)15(13)20)22-16-12(3)7-6-10-24(16)19(14)26/h4-7,10-11,20H,1-2,8-9H2,3H3,(H,21,25)/p+1. The molecule has 0 atom stereocenters. The fraction of sp³-hybridized carbons (Fsp3) is 0.158. The highest BCUT2D eigenvalue weighted by Crippen LogP contribution is 2.15. The van der Waals surface area contributed by atoms with Crippen molar-refractivity contribution in [1.82, 2.24) is 14.7 Å². The molecule has 0 saturated heterocycles. The third-order valence-electron chi connectivity index (χ3n) is 4.14. The summed E-state index contributed by atoms with van der Waals surface area (Å²) in [6, 6.07) is 5.16. The maximum Gasteiger partial charge on any atom is 0.278 e. The van der Waals surface area contributed by atoms with Gasteiger partial charge in [0.25, 0.3) is 17.1 Å². The van der Waals surface area contributed by atoms with Crippen molar-refractivity contribution in [2.45, 2.75) is 13.5 Å². The van der Waals surface area contributed by atoms with Gasteiger partial charge in [-0.15, -0.1) is 6.58 Å². The van der Waals surface area contributed by atoms with Crippen molar-refractivity contribution in [2.24, 2.45) is 0 Å². The minimum atomic E-state index is -0.379. The van der Waals surface area contributed by atoms with E-state index < -0.39 is 0 Å². The molecule has 0 bridgehead atoms. The number of carbonyl (C=O) groups is 1. The lowest BCUT2D eigenvalue weighted by Gasteiger charge is -2.11. The number of amides is 1. The molecule has 3 aromatic heterocycles. The highest BCUT2D eigenvalue weighted by molar-refractivity contribution is 6.00. The predicted octanol–water partition coefficient (Wildman–Crippen LogP) is 1.13. The third-order valence-corrected chi connectivity index (χ3v) is 4.14. The molecule has 3 N–H and O–H groups in total. The molecule has 3 aromatic rings. The Morgan fingerprint density at radius 2 is 2.19 bits per heavy atom. The number of hydrogen-bond donors (Lipinski definition) is 2. The number of pyridine rings is 2. The van der Waals surface area contributed by atoms with Crippen molar-refractivity contribution in [3.63, 3.8) is 0 Å². The van der Waals surface area contributed by atoms with Gasteiger partial charge >= 0.3 is 0 Å². The highest BCUT2D eigenvalue weighted by atomic mass is 16.1. The van der Waals surface area contributed by atoms with Crippen LogP contribution in [0.25, 0.3) is 16.7 Å². The number of fused-ring (bicyclic) bond motifs is 2. The second kappa shape index (κ2) is 6.79. The first kappa shape index (κ1) is 17.3. The molecule has 1 amide bonds. The molecular weight excluding hydrogens is 330 g/mol. The number of aryl methyl sites for hydroxylation is 1. The van der Waals surface area contributed by atoms with Crippen LogP contribution in [-0.4, -0.2) is 21.8 Å². The zero-order valence-corrected chi connectivity index (χ0v) is 14.5. The van der Waals surface area contributed by atoms with Gasteiger partial charge in [-0.1, -0.05) is 29.8 Å². The molecule has 0 spiro atoms. The molecule has 0 unspecified atom stereocenters. The molecule has 26 heavy (non-hydrogen) atoms. The Hall–Kier alpha value is -3.48. The van der Waals surface area contributed by atoms with Gasteiger partial charge in [0.2, 0.25) is 11.5 Å². The summed E-state index contributed by atoms with van der Waals surface area (Å²) in [6.07, 6.45) is 4.87. The van der Waals surface area contributed by atoms with Crippen LogP contribution in [0.2, 0.25) is 0 Å². The van der Waals surface area contributed by atoms with Gasteiger partial charge in [-0.25, -0.2) is 4.57 Å². The molecule has 0 fully saturated rings. The number of aromatic nitrogens is 3. The smallest absolute Gasteiger partial charge is 0.278 e. The van der Waals surface area contributed by atoms with Gasteiger partial charge in [-0.2, -0.15) is 0 Å². The van der Waals surface area contributed by atoms with Crippen LogP contribution in [0, 0.1) is 6.92 Å². The number of nitrogens with one attached hydrogen (secondary N) is 1. The van der Waals surface area contributed by atoms with E-state index in [2.05, 4.69) is 23.5 Å². The van der Waals surface area contributed by atoms with E-state index in [9.17, 15) is 9.59 Å². The molecule has 0 aliphatic carbocycles. The van der Waals surface area contributed by atoms with Crippen LogP contribution in [0.1, 0.15) is 15.9 Å². The highest BCUT2D eigenvalue weighted by Gasteiger charge is 2.23. The summed E-state index contributed by atoms with van der Waals surface area (Å²) in [7, 11) is 0. The van der Waals surface area contributed by atoms with Crippen LogP contribution in [0.15, 0.2) is 54.5 Å². The molecular formula is C19H20N5O2+. The first-order valence-corrected chi connectivity index (χ1v) is 8.13. The Bertz CT molecular complexity index is 1110. The van der Waals surface area contributed by atoms with Gasteiger partial charge in [0.05, 0.1) is 6.54 Å². The molecule has 0 aromatic carbocycles. The van der Waals surface area contributed by atoms with E-state index in [1.54, 1.807) is 29.0 Å². The molecule has 3 rings (SSSR count). The fourth-order valence-electron chi connectivity index (χ4n) is 2.87. The van der Waals surface area contributed by atoms with Gasteiger partial charge in [-0.05, 0) is 19.1 Å². The second-order valence-electron chi connectivity index (χ2n) is 5.88. The Kier molecular flexibility index (Phi) is 4.53. The van der Waals surface area contributed by atoms with Gasteiger partial charge < -0.3 is 11.1 Å². The topological polar surface area (TPSA) is 93.4 Å². The zero-order valence-electron chi connectivity index (χ0n) is 14.5. The summed E-state index contributed by atoms with van der Waals surface area (Å²) < 4.78 is 3.09. The van der Waals surface area contributed by atoms with Crippen LogP contribution in [0.5, 0.6) is 0 Å². The summed E-state index contributed by atoms with van der Waals surface area (Å²) >= 11 is 0. The minimum Gasteiger partial charge on any atom is -0.348 e. The van der Waals surface area contributed by atoms with E-state index in [-0.39, 0.29) is 22.8 Å². The minimum absolute atomic E-state index is 0.215. The largest absolute Gasteiger partial charge is 0.348 e. The van der Waals surface area contributed by atoms with Gasteiger partial charge in [0.15, 0.2) is 0 Å². The van der Waals surface area contributed by atoms with Crippen LogP contribution >= 0.6 is 0 Å². The van der Waals surface area contributed by atoms with Crippen LogP contribution in [0.3, 0.4) is 0 Å². The molecule has 3 heterocycles. The summed E-state index contributed by atoms with van der Waals surface area (Å²) in [5.41, 5.74) is 8.01. The SMILES string of the molecule is C=CCNC(=O)c1cc2c(=O)n3cccc(C)c3nc2[n+](CC=C)c1N. The Morgan fingerprint density at radius 3 is 2.88 bits per heavy atom. The number of carbonyl (C=O) groups excluding carboxylic acids is 1. The van der Waals surface area contributed by atoms with E-state index in [0.717, 1.165) is 5.56 Å². The fourth-order valence-corrected chi connectivity index (χ4v) is 2.87. The molecule has 0 saturated carbocycles. The normalized spacial score (nSPS) is 10.8. The number of rotatable bonds is 5. The molecule has 0 aliphatic rings. The van der Waals surface area contributed by atoms with E-state index in [0.29, 0.717) is 29.8 Å². The third kappa shape index (κ3) is 2.73. The summed E-state index contributed by atoms with van der Waals surface area (Å²) in [5.74, 6) is -0.153. The monoisotopic (exact) mass is 350 g/mol. The molecule has 0 aliphatic heterocycles. The molecule has 7 heteroatoms. The Balaban J connectivity index is 2.42. The van der Waals surface area contributed by atoms with Crippen molar-refractivity contribution < 1.29 is 9.36 Å². The molecule has 132 valence electrons. The van der Waals surface area contributed by atoms with E-state index in [1.807, 2.05) is 13.0 Å². The quantitative estimate of drug-likeness (QED) is 0.410. The summed E-state index contributed by atoms with van der Waals surface area (Å²) in [6.45, 7) is 9.80. The number of nitrogen functional groups attached to an aromatic ring is 1. The van der Waals surface area contributed by atoms with E-state index in [4.69, 9.17) is 5.73 Å². The second-order valence-corrected chi connectivity index (χ2v) is 5.88. The lowest BCUT2D eigenvalue weighted by atomic mass is 10.1. The first-order chi connectivity index (χ1) is 12.5. The van der Waals surface area contributed by atoms with Crippen LogP contribution in [0.4, 0.5) is 5.82 Å². The predicted molar refractivity (Wildman–Crippen MR) is 101 cm³/mol. The zero-order chi connectivity index (χ0) is 18.8. The van der Waals surface area contributed by atoms with Crippen molar-refractivity contribution in [1.29, 1.82) is 0 Å². The van der Waals surface area contributed by atoms with Gasteiger partial charge in [-0.3, -0.25) is 14.0 Å². The number of nitrogens with zero attached hydrogens (tertiary/aromatic N) is 3. The number of allylic oxidation sites excluding steroid dienone is 1. The number of anilines is 1. The first-order valence-electron chi connectivity index (χ1n) is 8.13. The van der Waals surface area contributed by atoms with Gasteiger partial charge in [0, 0.05) is 18.3 Å². The van der Waals surface area contributed by atoms with Crippen molar-refractivity contribution >= 4 is 28.4 Å². The number of nitrogens with two attached hydrogens (primary N) is 1. The van der Waals surface area contributed by atoms with Crippen LogP contribution < -0.4 is 21.2 Å². The lowest BCUT2D eigenvalue weighted by molar-refractivity contribution is -0.648. The van der Waals surface area contributed by atoms with Crippen molar-refractivity contribution in [2.75, 3.05) is 12.3 Å².